The highest BCUT2D eigenvalue weighted by Gasteiger charge is 2.34. The number of amides is 1. The van der Waals surface area contributed by atoms with Crippen molar-refractivity contribution in [3.8, 4) is 17.6 Å². The molecule has 1 heterocycles. The second-order valence-electron chi connectivity index (χ2n) is 5.57. The van der Waals surface area contributed by atoms with Gasteiger partial charge in [0.1, 0.15) is 18.8 Å². The van der Waals surface area contributed by atoms with Crippen LogP contribution in [0.3, 0.4) is 0 Å². The quantitative estimate of drug-likeness (QED) is 0.906. The van der Waals surface area contributed by atoms with E-state index >= 15 is 0 Å². The largest absolute Gasteiger partial charge is 0.486 e. The molecule has 0 unspecified atom stereocenters. The Morgan fingerprint density at radius 2 is 1.86 bits per heavy atom. The van der Waals surface area contributed by atoms with E-state index in [0.717, 1.165) is 32.1 Å². The second kappa shape index (κ2) is 5.65. The Morgan fingerprint density at radius 1 is 1.14 bits per heavy atom. The van der Waals surface area contributed by atoms with Gasteiger partial charge in [-0.1, -0.05) is 19.3 Å². The predicted molar refractivity (Wildman–Crippen MR) is 76.3 cm³/mol. The van der Waals surface area contributed by atoms with Crippen LogP contribution in [0.25, 0.3) is 0 Å². The minimum Gasteiger partial charge on any atom is -0.486 e. The highest BCUT2D eigenvalue weighted by molar-refractivity contribution is 5.95. The molecule has 0 spiro atoms. The number of nitriles is 1. The van der Waals surface area contributed by atoms with Gasteiger partial charge in [-0.15, -0.1) is 0 Å². The van der Waals surface area contributed by atoms with Gasteiger partial charge in [0.25, 0.3) is 5.91 Å². The van der Waals surface area contributed by atoms with Crippen LogP contribution in [-0.4, -0.2) is 24.7 Å². The number of ether oxygens (including phenoxy) is 2. The third-order valence-electron chi connectivity index (χ3n) is 4.08. The number of carbonyl (C=O) groups is 1. The lowest BCUT2D eigenvalue weighted by Crippen LogP contribution is -2.48. The average molecular weight is 286 g/mol. The van der Waals surface area contributed by atoms with Crippen LogP contribution in [0.2, 0.25) is 0 Å². The lowest BCUT2D eigenvalue weighted by atomic mass is 9.82. The summed E-state index contributed by atoms with van der Waals surface area (Å²) in [5, 5.41) is 12.3. The molecule has 1 aromatic carbocycles. The van der Waals surface area contributed by atoms with Gasteiger partial charge in [0.15, 0.2) is 11.5 Å². The maximum absolute atomic E-state index is 12.4. The number of benzene rings is 1. The summed E-state index contributed by atoms with van der Waals surface area (Å²) in [5.74, 6) is 1.02. The standard InChI is InChI=1S/C16H18N2O3/c17-11-16(6-2-1-3-7-16)18-15(19)12-4-5-13-14(10-12)21-9-8-20-13/h4-5,10H,1-3,6-9H2,(H,18,19). The molecule has 1 amide bonds. The molecular weight excluding hydrogens is 268 g/mol. The van der Waals surface area contributed by atoms with Crippen molar-refractivity contribution < 1.29 is 14.3 Å². The third-order valence-corrected chi connectivity index (χ3v) is 4.08. The van der Waals surface area contributed by atoms with E-state index in [-0.39, 0.29) is 5.91 Å². The van der Waals surface area contributed by atoms with Crippen molar-refractivity contribution in [3.05, 3.63) is 23.8 Å². The van der Waals surface area contributed by atoms with E-state index in [1.165, 1.54) is 0 Å². The first-order chi connectivity index (χ1) is 10.2. The smallest absolute Gasteiger partial charge is 0.252 e. The van der Waals surface area contributed by atoms with Crippen LogP contribution >= 0.6 is 0 Å². The lowest BCUT2D eigenvalue weighted by Gasteiger charge is -2.31. The second-order valence-corrected chi connectivity index (χ2v) is 5.57. The minimum absolute atomic E-state index is 0.226. The van der Waals surface area contributed by atoms with E-state index in [1.807, 2.05) is 0 Å². The third kappa shape index (κ3) is 2.80. The summed E-state index contributed by atoms with van der Waals surface area (Å²) in [6.07, 6.45) is 4.53. The van der Waals surface area contributed by atoms with E-state index in [0.29, 0.717) is 30.3 Å². The van der Waals surface area contributed by atoms with Gasteiger partial charge in [0.2, 0.25) is 0 Å². The number of fused-ring (bicyclic) bond motifs is 1. The highest BCUT2D eigenvalue weighted by atomic mass is 16.6. The summed E-state index contributed by atoms with van der Waals surface area (Å²) in [6, 6.07) is 7.42. The lowest BCUT2D eigenvalue weighted by molar-refractivity contribution is 0.0901. The van der Waals surface area contributed by atoms with Crippen LogP contribution in [0.4, 0.5) is 0 Å². The summed E-state index contributed by atoms with van der Waals surface area (Å²) < 4.78 is 10.9. The van der Waals surface area contributed by atoms with Crippen LogP contribution in [0.5, 0.6) is 11.5 Å². The Bertz CT molecular complexity index is 586. The number of hydrogen-bond acceptors (Lipinski definition) is 4. The predicted octanol–water partition coefficient (Wildman–Crippen LogP) is 2.41. The van der Waals surface area contributed by atoms with E-state index in [2.05, 4.69) is 11.4 Å². The average Bonchev–Trinajstić information content (AvgIpc) is 2.55. The maximum Gasteiger partial charge on any atom is 0.252 e. The normalized spacial score (nSPS) is 19.4. The molecule has 110 valence electrons. The minimum atomic E-state index is -0.720. The summed E-state index contributed by atoms with van der Waals surface area (Å²) in [7, 11) is 0. The van der Waals surface area contributed by atoms with Crippen LogP contribution in [0.15, 0.2) is 18.2 Å². The molecule has 0 bridgehead atoms. The van der Waals surface area contributed by atoms with Crippen molar-refractivity contribution in [2.45, 2.75) is 37.6 Å². The summed E-state index contributed by atoms with van der Waals surface area (Å²) in [6.45, 7) is 1.01. The van der Waals surface area contributed by atoms with Crippen molar-refractivity contribution >= 4 is 5.91 Å². The van der Waals surface area contributed by atoms with Crippen molar-refractivity contribution in [2.24, 2.45) is 0 Å². The molecule has 0 atom stereocenters. The van der Waals surface area contributed by atoms with Gasteiger partial charge in [0.05, 0.1) is 6.07 Å². The summed E-state index contributed by atoms with van der Waals surface area (Å²) in [5.41, 5.74) is -0.220. The van der Waals surface area contributed by atoms with E-state index in [4.69, 9.17) is 9.47 Å². The Morgan fingerprint density at radius 3 is 2.57 bits per heavy atom. The van der Waals surface area contributed by atoms with Crippen LogP contribution in [0, 0.1) is 11.3 Å². The Balaban J connectivity index is 1.77. The van der Waals surface area contributed by atoms with Crippen molar-refractivity contribution in [1.29, 1.82) is 5.26 Å². The fourth-order valence-corrected chi connectivity index (χ4v) is 2.89. The molecule has 1 aromatic rings. The molecule has 21 heavy (non-hydrogen) atoms. The molecule has 3 rings (SSSR count). The van der Waals surface area contributed by atoms with Gasteiger partial charge in [-0.2, -0.15) is 5.26 Å². The SMILES string of the molecule is N#CC1(NC(=O)c2ccc3c(c2)OCCO3)CCCCC1. The molecule has 0 aromatic heterocycles. The molecule has 0 radical (unpaired) electrons. The van der Waals surface area contributed by atoms with Gasteiger partial charge < -0.3 is 14.8 Å². The number of hydrogen-bond donors (Lipinski definition) is 1. The Kier molecular flexibility index (Phi) is 3.70. The van der Waals surface area contributed by atoms with Crippen LogP contribution in [-0.2, 0) is 0 Å². The molecule has 5 nitrogen and oxygen atoms in total. The zero-order valence-electron chi connectivity index (χ0n) is 11.9. The van der Waals surface area contributed by atoms with Gasteiger partial charge >= 0.3 is 0 Å². The zero-order valence-corrected chi connectivity index (χ0v) is 11.9. The topological polar surface area (TPSA) is 71.4 Å². The van der Waals surface area contributed by atoms with Crippen molar-refractivity contribution in [1.82, 2.24) is 5.32 Å². The number of nitrogens with zero attached hydrogens (tertiary/aromatic N) is 1. The molecule has 0 saturated heterocycles. The zero-order chi connectivity index (χ0) is 14.7. The fourth-order valence-electron chi connectivity index (χ4n) is 2.89. The molecular formula is C16H18N2O3. The molecule has 1 aliphatic heterocycles. The Labute approximate surface area is 123 Å². The van der Waals surface area contributed by atoms with E-state index in [9.17, 15) is 10.1 Å². The monoisotopic (exact) mass is 286 g/mol. The molecule has 2 aliphatic rings. The number of nitrogens with one attached hydrogen (secondary N) is 1. The molecule has 1 fully saturated rings. The molecule has 1 saturated carbocycles. The van der Waals surface area contributed by atoms with Gasteiger partial charge in [-0.05, 0) is 31.0 Å². The first-order valence-electron chi connectivity index (χ1n) is 7.36. The van der Waals surface area contributed by atoms with Crippen molar-refractivity contribution in [2.75, 3.05) is 13.2 Å². The first kappa shape index (κ1) is 13.7. The van der Waals surface area contributed by atoms with Gasteiger partial charge in [-0.25, -0.2) is 0 Å². The molecule has 1 aliphatic carbocycles. The maximum atomic E-state index is 12.4. The van der Waals surface area contributed by atoms with Crippen molar-refractivity contribution in [3.63, 3.8) is 0 Å². The fraction of sp³-hybridized carbons (Fsp3) is 0.500. The molecule has 5 heteroatoms. The first-order valence-corrected chi connectivity index (χ1v) is 7.36. The highest BCUT2D eigenvalue weighted by Crippen LogP contribution is 2.32. The summed E-state index contributed by atoms with van der Waals surface area (Å²) in [4.78, 5) is 12.4. The number of carbonyl (C=O) groups excluding carboxylic acids is 1. The van der Waals surface area contributed by atoms with E-state index in [1.54, 1.807) is 18.2 Å². The van der Waals surface area contributed by atoms with Gasteiger partial charge in [0, 0.05) is 5.56 Å². The number of rotatable bonds is 2. The summed E-state index contributed by atoms with van der Waals surface area (Å²) >= 11 is 0. The van der Waals surface area contributed by atoms with Crippen LogP contribution < -0.4 is 14.8 Å². The molecule has 1 N–H and O–H groups in total. The Hall–Kier alpha value is -2.22. The van der Waals surface area contributed by atoms with Gasteiger partial charge in [-0.3, -0.25) is 4.79 Å². The van der Waals surface area contributed by atoms with E-state index < -0.39 is 5.54 Å². The van der Waals surface area contributed by atoms with Crippen LogP contribution in [0.1, 0.15) is 42.5 Å².